The monoisotopic (exact) mass is 356 g/mol. The molecule has 1 aromatic rings. The molecule has 0 radical (unpaired) electrons. The molecule has 0 amide bonds. The van der Waals surface area contributed by atoms with Crippen LogP contribution in [0.4, 0.5) is 0 Å². The molecule has 0 aliphatic heterocycles. The number of hydrogen-bond donors (Lipinski definition) is 2. The Morgan fingerprint density at radius 3 is 2.67 bits per heavy atom. The number of carboxylic acid groups (broad SMARTS) is 1. The van der Waals surface area contributed by atoms with Crippen molar-refractivity contribution in [2.45, 2.75) is 39.2 Å². The van der Waals surface area contributed by atoms with Gasteiger partial charge in [0.25, 0.3) is 0 Å². The Morgan fingerprint density at radius 2 is 2.10 bits per heavy atom. The van der Waals surface area contributed by atoms with E-state index in [1.54, 1.807) is 7.11 Å². The van der Waals surface area contributed by atoms with Crippen LogP contribution in [0.3, 0.4) is 0 Å². The lowest BCUT2D eigenvalue weighted by atomic mass is 9.84. The zero-order valence-electron chi connectivity index (χ0n) is 12.5. The molecule has 1 saturated carbocycles. The lowest BCUT2D eigenvalue weighted by Crippen LogP contribution is -2.25. The summed E-state index contributed by atoms with van der Waals surface area (Å²) in [6.45, 7) is 3.83. The average molecular weight is 357 g/mol. The highest BCUT2D eigenvalue weighted by Gasteiger charge is 2.39. The number of halogens is 1. The Kier molecular flexibility index (Phi) is 4.94. The number of aliphatic hydroxyl groups excluding tert-OH is 1. The van der Waals surface area contributed by atoms with Crippen LogP contribution in [0.25, 0.3) is 0 Å². The minimum atomic E-state index is -0.820. The molecule has 1 aliphatic rings. The summed E-state index contributed by atoms with van der Waals surface area (Å²) in [6, 6.07) is 1.95. The van der Waals surface area contributed by atoms with Crippen molar-refractivity contribution in [1.82, 2.24) is 0 Å². The smallest absolute Gasteiger partial charge is 0.306 e. The van der Waals surface area contributed by atoms with Crippen LogP contribution < -0.4 is 4.74 Å². The van der Waals surface area contributed by atoms with Crippen molar-refractivity contribution in [3.8, 4) is 5.75 Å². The van der Waals surface area contributed by atoms with Gasteiger partial charge in [-0.05, 0) is 43.9 Å². The van der Waals surface area contributed by atoms with Crippen LogP contribution in [0.1, 0.15) is 42.1 Å². The van der Waals surface area contributed by atoms with Crippen LogP contribution in [0.15, 0.2) is 10.5 Å². The van der Waals surface area contributed by atoms with Gasteiger partial charge < -0.3 is 14.9 Å². The molecule has 1 fully saturated rings. The van der Waals surface area contributed by atoms with E-state index in [1.807, 2.05) is 19.9 Å². The number of carboxylic acids is 1. The summed E-state index contributed by atoms with van der Waals surface area (Å²) in [5, 5.41) is 20.1. The number of benzene rings is 1. The van der Waals surface area contributed by atoms with Gasteiger partial charge in [0.1, 0.15) is 5.75 Å². The average Bonchev–Trinajstić information content (AvgIpc) is 2.91. The number of aliphatic carboxylic acids is 1. The normalized spacial score (nSPS) is 23.1. The summed E-state index contributed by atoms with van der Waals surface area (Å²) in [5.74, 6) is -0.911. The third-order valence-corrected chi connectivity index (χ3v) is 5.32. The van der Waals surface area contributed by atoms with Crippen molar-refractivity contribution in [2.24, 2.45) is 11.8 Å². The number of aliphatic hydroxyl groups is 1. The van der Waals surface area contributed by atoms with Gasteiger partial charge in [-0.1, -0.05) is 22.4 Å². The first-order valence-corrected chi connectivity index (χ1v) is 7.92. The number of methoxy groups -OCH3 is 1. The van der Waals surface area contributed by atoms with Crippen LogP contribution in [0, 0.1) is 25.7 Å². The van der Waals surface area contributed by atoms with Gasteiger partial charge in [0.15, 0.2) is 0 Å². The van der Waals surface area contributed by atoms with E-state index < -0.39 is 18.0 Å². The predicted molar refractivity (Wildman–Crippen MR) is 83.6 cm³/mol. The van der Waals surface area contributed by atoms with E-state index >= 15 is 0 Å². The van der Waals surface area contributed by atoms with Crippen molar-refractivity contribution < 1.29 is 19.7 Å². The second-order valence-corrected chi connectivity index (χ2v) is 6.59. The lowest BCUT2D eigenvalue weighted by molar-refractivity contribution is -0.144. The Hall–Kier alpha value is -1.07. The number of ether oxygens (including phenoxy) is 1. The van der Waals surface area contributed by atoms with Crippen LogP contribution in [0.5, 0.6) is 5.75 Å². The van der Waals surface area contributed by atoms with Crippen LogP contribution in [-0.4, -0.2) is 23.3 Å². The molecule has 116 valence electrons. The maximum atomic E-state index is 11.4. The highest BCUT2D eigenvalue weighted by Crippen LogP contribution is 2.45. The van der Waals surface area contributed by atoms with Crippen molar-refractivity contribution in [3.05, 3.63) is 27.2 Å². The zero-order valence-corrected chi connectivity index (χ0v) is 14.1. The third-order valence-electron chi connectivity index (χ3n) is 4.50. The Morgan fingerprint density at radius 1 is 1.43 bits per heavy atom. The van der Waals surface area contributed by atoms with Gasteiger partial charge in [-0.25, -0.2) is 0 Å². The van der Waals surface area contributed by atoms with E-state index in [0.29, 0.717) is 17.7 Å². The lowest BCUT2D eigenvalue weighted by Gasteiger charge is -2.27. The first-order valence-electron chi connectivity index (χ1n) is 7.13. The molecule has 2 rings (SSSR count). The van der Waals surface area contributed by atoms with Crippen molar-refractivity contribution >= 4 is 21.9 Å². The molecule has 0 spiro atoms. The van der Waals surface area contributed by atoms with Crippen LogP contribution in [-0.2, 0) is 4.79 Å². The van der Waals surface area contributed by atoms with Crippen molar-refractivity contribution in [3.63, 3.8) is 0 Å². The summed E-state index contributed by atoms with van der Waals surface area (Å²) >= 11 is 3.50. The fourth-order valence-electron chi connectivity index (χ4n) is 3.39. The topological polar surface area (TPSA) is 66.8 Å². The number of aryl methyl sites for hydroxylation is 1. The van der Waals surface area contributed by atoms with Gasteiger partial charge in [0.05, 0.1) is 19.1 Å². The molecule has 0 bridgehead atoms. The molecule has 4 nitrogen and oxygen atoms in total. The largest absolute Gasteiger partial charge is 0.496 e. The summed E-state index contributed by atoms with van der Waals surface area (Å²) in [4.78, 5) is 11.4. The second-order valence-electron chi connectivity index (χ2n) is 5.73. The summed E-state index contributed by atoms with van der Waals surface area (Å²) in [6.07, 6.45) is 1.38. The van der Waals surface area contributed by atoms with Gasteiger partial charge in [0.2, 0.25) is 0 Å². The molecule has 0 aromatic heterocycles. The first-order chi connectivity index (χ1) is 9.88. The second kappa shape index (κ2) is 6.36. The highest BCUT2D eigenvalue weighted by atomic mass is 79.9. The third kappa shape index (κ3) is 2.94. The molecule has 0 saturated heterocycles. The Bertz CT molecular complexity index is 556. The molecule has 3 unspecified atom stereocenters. The predicted octanol–water partition coefficient (Wildman–Crippen LogP) is 3.61. The van der Waals surface area contributed by atoms with E-state index in [0.717, 1.165) is 28.4 Å². The minimum absolute atomic E-state index is 0.260. The van der Waals surface area contributed by atoms with E-state index in [-0.39, 0.29) is 5.92 Å². The molecule has 1 aliphatic carbocycles. The van der Waals surface area contributed by atoms with Gasteiger partial charge in [-0.3, -0.25) is 4.79 Å². The molecule has 3 atom stereocenters. The summed E-state index contributed by atoms with van der Waals surface area (Å²) < 4.78 is 6.36. The number of hydrogen-bond acceptors (Lipinski definition) is 3. The minimum Gasteiger partial charge on any atom is -0.496 e. The molecule has 21 heavy (non-hydrogen) atoms. The van der Waals surface area contributed by atoms with Crippen LogP contribution >= 0.6 is 15.9 Å². The maximum Gasteiger partial charge on any atom is 0.306 e. The van der Waals surface area contributed by atoms with E-state index in [4.69, 9.17) is 4.74 Å². The molecular weight excluding hydrogens is 336 g/mol. The van der Waals surface area contributed by atoms with Gasteiger partial charge in [-0.2, -0.15) is 0 Å². The molecule has 2 N–H and O–H groups in total. The molecule has 5 heteroatoms. The zero-order chi connectivity index (χ0) is 15.7. The number of carbonyl (C=O) groups is 1. The fraction of sp³-hybridized carbons (Fsp3) is 0.562. The number of rotatable bonds is 4. The maximum absolute atomic E-state index is 11.4. The van der Waals surface area contributed by atoms with Crippen molar-refractivity contribution in [1.29, 1.82) is 0 Å². The summed E-state index contributed by atoms with van der Waals surface area (Å²) in [7, 11) is 1.58. The van der Waals surface area contributed by atoms with Gasteiger partial charge >= 0.3 is 5.97 Å². The SMILES string of the molecule is COc1c(C)cc(Br)c(C)c1C(O)C1CCCC1C(=O)O. The summed E-state index contributed by atoms with van der Waals surface area (Å²) in [5.41, 5.74) is 2.54. The fourth-order valence-corrected chi connectivity index (χ4v) is 3.95. The van der Waals surface area contributed by atoms with E-state index in [9.17, 15) is 15.0 Å². The molecule has 1 aromatic carbocycles. The Balaban J connectivity index is 2.48. The first kappa shape index (κ1) is 16.3. The molecule has 0 heterocycles. The molecular formula is C16H21BrO4. The quantitative estimate of drug-likeness (QED) is 0.864. The van der Waals surface area contributed by atoms with Gasteiger partial charge in [-0.15, -0.1) is 0 Å². The Labute approximate surface area is 133 Å². The highest BCUT2D eigenvalue weighted by molar-refractivity contribution is 9.10. The van der Waals surface area contributed by atoms with Gasteiger partial charge in [0, 0.05) is 16.0 Å². The van der Waals surface area contributed by atoms with E-state index in [1.165, 1.54) is 0 Å². The van der Waals surface area contributed by atoms with E-state index in [2.05, 4.69) is 15.9 Å². The van der Waals surface area contributed by atoms with Crippen molar-refractivity contribution in [2.75, 3.05) is 7.11 Å². The standard InChI is InChI=1S/C16H21BrO4/c1-8-7-12(17)9(2)13(15(8)21-3)14(18)10-5-4-6-11(10)16(19)20/h7,10-11,14,18H,4-6H2,1-3H3,(H,19,20). The van der Waals surface area contributed by atoms with Crippen LogP contribution in [0.2, 0.25) is 0 Å².